The lowest BCUT2D eigenvalue weighted by atomic mass is 9.84. The highest BCUT2D eigenvalue weighted by Gasteiger charge is 2.42. The fourth-order valence-electron chi connectivity index (χ4n) is 4.16. The summed E-state index contributed by atoms with van der Waals surface area (Å²) in [7, 11) is 0. The van der Waals surface area contributed by atoms with Gasteiger partial charge in [0.1, 0.15) is 6.10 Å². The zero-order valence-corrected chi connectivity index (χ0v) is 20.3. The van der Waals surface area contributed by atoms with Crippen LogP contribution in [0.15, 0.2) is 30.3 Å². The van der Waals surface area contributed by atoms with Gasteiger partial charge in [-0.25, -0.2) is 0 Å². The fraction of sp³-hybridized carbons (Fsp3) is 0.778. The van der Waals surface area contributed by atoms with Crippen molar-refractivity contribution in [2.45, 2.75) is 96.9 Å². The lowest BCUT2D eigenvalue weighted by Gasteiger charge is -2.41. The van der Waals surface area contributed by atoms with Gasteiger partial charge in [-0.3, -0.25) is 0 Å². The molecule has 0 bridgehead atoms. The summed E-state index contributed by atoms with van der Waals surface area (Å²) in [5.74, 6) is -0.435. The third-order valence-electron chi connectivity index (χ3n) is 5.98. The molecule has 2 atom stereocenters. The first-order valence-corrected chi connectivity index (χ1v) is 12.8. The third-order valence-corrected chi connectivity index (χ3v) is 5.98. The van der Waals surface area contributed by atoms with Crippen molar-refractivity contribution in [2.24, 2.45) is 5.92 Å². The SMILES string of the molecule is CCCCCCCCC(CCOCC1CO1)C(OCCC)(OCCC)c1ccccc1. The molecule has 0 aromatic heterocycles. The summed E-state index contributed by atoms with van der Waals surface area (Å²) >= 11 is 0. The van der Waals surface area contributed by atoms with Crippen molar-refractivity contribution in [3.05, 3.63) is 35.9 Å². The van der Waals surface area contributed by atoms with E-state index in [1.165, 1.54) is 38.5 Å². The number of benzene rings is 1. The molecule has 178 valence electrons. The van der Waals surface area contributed by atoms with E-state index in [2.05, 4.69) is 51.1 Å². The van der Waals surface area contributed by atoms with Gasteiger partial charge in [-0.2, -0.15) is 0 Å². The van der Waals surface area contributed by atoms with Crippen LogP contribution in [0.1, 0.15) is 90.5 Å². The largest absolute Gasteiger partial charge is 0.379 e. The van der Waals surface area contributed by atoms with Crippen LogP contribution in [0.3, 0.4) is 0 Å². The number of hydrogen-bond acceptors (Lipinski definition) is 4. The van der Waals surface area contributed by atoms with Crippen LogP contribution in [0.4, 0.5) is 0 Å². The molecule has 4 heteroatoms. The Balaban J connectivity index is 2.13. The van der Waals surface area contributed by atoms with Crippen LogP contribution in [-0.4, -0.2) is 39.1 Å². The van der Waals surface area contributed by atoms with E-state index in [-0.39, 0.29) is 5.92 Å². The van der Waals surface area contributed by atoms with E-state index in [1.807, 2.05) is 0 Å². The van der Waals surface area contributed by atoms with Gasteiger partial charge in [-0.05, 0) is 25.7 Å². The van der Waals surface area contributed by atoms with Crippen LogP contribution >= 0.6 is 0 Å². The van der Waals surface area contributed by atoms with Crippen LogP contribution in [0.25, 0.3) is 0 Å². The molecule has 0 radical (unpaired) electrons. The maximum atomic E-state index is 6.61. The lowest BCUT2D eigenvalue weighted by Crippen LogP contribution is -2.42. The maximum Gasteiger partial charge on any atom is 0.197 e. The number of hydrogen-bond donors (Lipinski definition) is 0. The van der Waals surface area contributed by atoms with Crippen LogP contribution in [0.2, 0.25) is 0 Å². The second-order valence-electron chi connectivity index (χ2n) is 8.80. The Bertz CT molecular complexity index is 535. The minimum atomic E-state index is -0.698. The van der Waals surface area contributed by atoms with Gasteiger partial charge in [0.25, 0.3) is 0 Å². The third kappa shape index (κ3) is 9.61. The Morgan fingerprint density at radius 3 is 2.10 bits per heavy atom. The molecule has 0 saturated carbocycles. The van der Waals surface area contributed by atoms with Gasteiger partial charge in [0.05, 0.1) is 26.4 Å². The van der Waals surface area contributed by atoms with Crippen molar-refractivity contribution in [1.82, 2.24) is 0 Å². The van der Waals surface area contributed by atoms with E-state index < -0.39 is 5.79 Å². The molecule has 1 aliphatic rings. The van der Waals surface area contributed by atoms with Crippen molar-refractivity contribution in [3.63, 3.8) is 0 Å². The summed E-state index contributed by atoms with van der Waals surface area (Å²) < 4.78 is 24.5. The molecule has 31 heavy (non-hydrogen) atoms. The van der Waals surface area contributed by atoms with E-state index in [1.54, 1.807) is 0 Å². The van der Waals surface area contributed by atoms with E-state index in [0.717, 1.165) is 44.5 Å². The predicted molar refractivity (Wildman–Crippen MR) is 127 cm³/mol. The molecule has 1 aromatic rings. The van der Waals surface area contributed by atoms with Crippen LogP contribution < -0.4 is 0 Å². The summed E-state index contributed by atoms with van der Waals surface area (Å²) in [6, 6.07) is 10.6. The predicted octanol–water partition coefficient (Wildman–Crippen LogP) is 6.86. The molecule has 1 aliphatic heterocycles. The van der Waals surface area contributed by atoms with Crippen molar-refractivity contribution >= 4 is 0 Å². The van der Waals surface area contributed by atoms with Gasteiger partial charge in [-0.15, -0.1) is 0 Å². The highest BCUT2D eigenvalue weighted by Crippen LogP contribution is 2.41. The number of ether oxygens (including phenoxy) is 4. The summed E-state index contributed by atoms with van der Waals surface area (Å²) in [5.41, 5.74) is 1.14. The van der Waals surface area contributed by atoms with Crippen LogP contribution in [0.5, 0.6) is 0 Å². The topological polar surface area (TPSA) is 40.2 Å². The highest BCUT2D eigenvalue weighted by molar-refractivity contribution is 5.21. The smallest absolute Gasteiger partial charge is 0.197 e. The Morgan fingerprint density at radius 1 is 0.839 bits per heavy atom. The second kappa shape index (κ2) is 15.8. The quantitative estimate of drug-likeness (QED) is 0.128. The van der Waals surface area contributed by atoms with Gasteiger partial charge in [0, 0.05) is 18.1 Å². The Labute approximate surface area is 191 Å². The summed E-state index contributed by atoms with van der Waals surface area (Å²) in [6.45, 7) is 10.3. The molecule has 2 unspecified atom stereocenters. The molecule has 1 fully saturated rings. The molecule has 0 spiro atoms. The number of epoxide rings is 1. The summed E-state index contributed by atoms with van der Waals surface area (Å²) in [4.78, 5) is 0. The second-order valence-corrected chi connectivity index (χ2v) is 8.80. The zero-order chi connectivity index (χ0) is 22.2. The molecular formula is C27H46O4. The van der Waals surface area contributed by atoms with Crippen molar-refractivity contribution in [1.29, 1.82) is 0 Å². The van der Waals surface area contributed by atoms with E-state index in [4.69, 9.17) is 18.9 Å². The minimum Gasteiger partial charge on any atom is -0.379 e. The molecule has 1 aromatic carbocycles. The molecule has 1 saturated heterocycles. The first kappa shape index (κ1) is 26.3. The maximum absolute atomic E-state index is 6.61. The number of rotatable bonds is 20. The van der Waals surface area contributed by atoms with Crippen molar-refractivity contribution in [3.8, 4) is 0 Å². The molecule has 1 heterocycles. The average Bonchev–Trinajstić information content (AvgIpc) is 3.63. The van der Waals surface area contributed by atoms with Gasteiger partial charge in [-0.1, -0.05) is 89.6 Å². The fourth-order valence-corrected chi connectivity index (χ4v) is 4.16. The van der Waals surface area contributed by atoms with Crippen LogP contribution in [0, 0.1) is 5.92 Å². The van der Waals surface area contributed by atoms with Crippen LogP contribution in [-0.2, 0) is 24.7 Å². The molecule has 2 rings (SSSR count). The standard InChI is InChI=1S/C27H46O4/c1-4-7-8-9-10-12-17-25(18-21-28-22-26-23-29-26)27(30-19-5-2,31-20-6-3)24-15-13-11-14-16-24/h11,13-16,25-26H,4-10,12,17-23H2,1-3H3. The van der Waals surface area contributed by atoms with E-state index in [9.17, 15) is 0 Å². The Kier molecular flexibility index (Phi) is 13.4. The molecule has 4 nitrogen and oxygen atoms in total. The number of unbranched alkanes of at least 4 members (excludes halogenated alkanes) is 5. The minimum absolute atomic E-state index is 0.263. The van der Waals surface area contributed by atoms with E-state index >= 15 is 0 Å². The molecular weight excluding hydrogens is 388 g/mol. The van der Waals surface area contributed by atoms with Gasteiger partial charge in [0.2, 0.25) is 0 Å². The van der Waals surface area contributed by atoms with Gasteiger partial charge in [0.15, 0.2) is 5.79 Å². The van der Waals surface area contributed by atoms with Gasteiger partial charge >= 0.3 is 0 Å². The van der Waals surface area contributed by atoms with Crippen molar-refractivity contribution < 1.29 is 18.9 Å². The summed E-state index contributed by atoms with van der Waals surface area (Å²) in [6.07, 6.45) is 12.1. The Hall–Kier alpha value is -0.940. The summed E-state index contributed by atoms with van der Waals surface area (Å²) in [5, 5.41) is 0. The first-order valence-electron chi connectivity index (χ1n) is 12.8. The van der Waals surface area contributed by atoms with Crippen molar-refractivity contribution in [2.75, 3.05) is 33.0 Å². The Morgan fingerprint density at radius 2 is 1.48 bits per heavy atom. The normalized spacial score (nSPS) is 17.1. The molecule has 0 N–H and O–H groups in total. The first-order chi connectivity index (χ1) is 15.3. The molecule has 0 aliphatic carbocycles. The molecule has 0 amide bonds. The lowest BCUT2D eigenvalue weighted by molar-refractivity contribution is -0.282. The van der Waals surface area contributed by atoms with E-state index in [0.29, 0.717) is 25.9 Å². The monoisotopic (exact) mass is 434 g/mol. The zero-order valence-electron chi connectivity index (χ0n) is 20.3. The van der Waals surface area contributed by atoms with Gasteiger partial charge < -0.3 is 18.9 Å². The average molecular weight is 435 g/mol. The highest BCUT2D eigenvalue weighted by atomic mass is 16.7.